The summed E-state index contributed by atoms with van der Waals surface area (Å²) in [6.07, 6.45) is 0. The fourth-order valence-electron chi connectivity index (χ4n) is 10.4. The van der Waals surface area contributed by atoms with Gasteiger partial charge in [0.05, 0.1) is 46.0 Å². The number of nitriles is 2. The van der Waals surface area contributed by atoms with E-state index in [-0.39, 0.29) is 11.6 Å². The van der Waals surface area contributed by atoms with Crippen LogP contribution in [0.25, 0.3) is 76.8 Å². The standard InChI is InChI=1S/C68H44F2N4/c1-43-13-29-61(69)65(33-43)73(57-37-53(47-9-5-3-6-10-47)35-55(39-57)49-19-15-45(41-71)16-20-49)63-31-25-51-24-28-60-64(32-26-52-23-27-59(63)67(51)68(52)60)74(66-34-44(2)14-30-62(66)70)58-38-54(48-11-7-4-8-12-48)36-56(40-58)50-21-17-46(42-72)18-22-50/h3-40H,1-2H3. The van der Waals surface area contributed by atoms with Crippen LogP contribution in [0.1, 0.15) is 22.3 Å². The Hall–Kier alpha value is -9.88. The fourth-order valence-corrected chi connectivity index (χ4v) is 10.4. The molecular weight excluding hydrogens is 911 g/mol. The number of aryl methyl sites for hydroxylation is 2. The maximum absolute atomic E-state index is 16.8. The summed E-state index contributed by atoms with van der Waals surface area (Å²) in [6.45, 7) is 3.95. The Bertz CT molecular complexity index is 3920. The first-order valence-electron chi connectivity index (χ1n) is 24.5. The molecule has 0 saturated carbocycles. The van der Waals surface area contributed by atoms with Crippen molar-refractivity contribution in [3.63, 3.8) is 0 Å². The molecule has 74 heavy (non-hydrogen) atoms. The number of anilines is 6. The smallest absolute Gasteiger partial charge is 0.147 e. The zero-order valence-corrected chi connectivity index (χ0v) is 40.5. The van der Waals surface area contributed by atoms with E-state index in [0.717, 1.165) is 111 Å². The van der Waals surface area contributed by atoms with Crippen molar-refractivity contribution in [2.24, 2.45) is 0 Å². The average Bonchev–Trinajstić information content (AvgIpc) is 3.46. The monoisotopic (exact) mass is 954 g/mol. The summed E-state index contributed by atoms with van der Waals surface area (Å²) in [7, 11) is 0. The van der Waals surface area contributed by atoms with Crippen LogP contribution in [0.5, 0.6) is 0 Å². The minimum absolute atomic E-state index is 0.373. The molecule has 0 spiro atoms. The number of nitrogens with zero attached hydrogens (tertiary/aromatic N) is 4. The molecule has 0 bridgehead atoms. The lowest BCUT2D eigenvalue weighted by Gasteiger charge is -2.30. The van der Waals surface area contributed by atoms with Crippen LogP contribution in [-0.2, 0) is 0 Å². The Morgan fingerprint density at radius 2 is 0.676 bits per heavy atom. The first kappa shape index (κ1) is 45.3. The molecule has 0 atom stereocenters. The van der Waals surface area contributed by atoms with Crippen LogP contribution in [0.2, 0.25) is 0 Å². The van der Waals surface area contributed by atoms with Gasteiger partial charge in [0.15, 0.2) is 0 Å². The molecule has 12 rings (SSSR count). The number of rotatable bonds is 10. The number of benzene rings is 12. The van der Waals surface area contributed by atoms with Gasteiger partial charge in [0, 0.05) is 22.1 Å². The first-order valence-corrected chi connectivity index (χ1v) is 24.5. The number of hydrogen-bond acceptors (Lipinski definition) is 4. The highest BCUT2D eigenvalue weighted by molar-refractivity contribution is 6.28. The van der Waals surface area contributed by atoms with Crippen molar-refractivity contribution in [3.05, 3.63) is 264 Å². The van der Waals surface area contributed by atoms with Crippen LogP contribution in [-0.4, -0.2) is 0 Å². The van der Waals surface area contributed by atoms with Crippen LogP contribution < -0.4 is 9.80 Å². The molecule has 4 nitrogen and oxygen atoms in total. The molecule has 12 aromatic rings. The van der Waals surface area contributed by atoms with Gasteiger partial charge >= 0.3 is 0 Å². The molecule has 0 aliphatic carbocycles. The van der Waals surface area contributed by atoms with Gasteiger partial charge in [-0.05, 0) is 188 Å². The number of halogens is 2. The lowest BCUT2D eigenvalue weighted by molar-refractivity contribution is 0.628. The quantitative estimate of drug-likeness (QED) is 0.128. The van der Waals surface area contributed by atoms with Gasteiger partial charge in [0.1, 0.15) is 11.6 Å². The second kappa shape index (κ2) is 18.7. The molecule has 0 unspecified atom stereocenters. The SMILES string of the molecule is Cc1ccc(F)c(N(c2cc(-c3ccccc3)cc(-c3ccc(C#N)cc3)c2)c2ccc3ccc4c(N(c5cc(-c6ccccc6)cc(-c6ccc(C#N)cc6)c5)c5cc(C)ccc5F)ccc5ccc2c3c54)c1. The van der Waals surface area contributed by atoms with Crippen molar-refractivity contribution in [2.45, 2.75) is 13.8 Å². The normalized spacial score (nSPS) is 11.2. The molecule has 350 valence electrons. The van der Waals surface area contributed by atoms with E-state index in [1.165, 1.54) is 12.1 Å². The molecule has 0 fully saturated rings. The summed E-state index contributed by atoms with van der Waals surface area (Å²) in [4.78, 5) is 4.06. The maximum atomic E-state index is 16.8. The largest absolute Gasteiger partial charge is 0.307 e. The molecule has 0 N–H and O–H groups in total. The van der Waals surface area contributed by atoms with E-state index in [4.69, 9.17) is 0 Å². The Labute approximate surface area is 428 Å². The van der Waals surface area contributed by atoms with Gasteiger partial charge in [-0.25, -0.2) is 8.78 Å². The van der Waals surface area contributed by atoms with E-state index in [2.05, 4.69) is 121 Å². The van der Waals surface area contributed by atoms with Crippen molar-refractivity contribution in [1.29, 1.82) is 10.5 Å². The van der Waals surface area contributed by atoms with Crippen molar-refractivity contribution >= 4 is 66.4 Å². The van der Waals surface area contributed by atoms with Gasteiger partial charge in [-0.15, -0.1) is 0 Å². The molecule has 0 radical (unpaired) electrons. The van der Waals surface area contributed by atoms with E-state index in [1.807, 2.05) is 121 Å². The van der Waals surface area contributed by atoms with Gasteiger partial charge in [0.25, 0.3) is 0 Å². The molecule has 0 aromatic heterocycles. The third-order valence-electron chi connectivity index (χ3n) is 14.0. The molecule has 0 amide bonds. The summed E-state index contributed by atoms with van der Waals surface area (Å²) < 4.78 is 33.7. The lowest BCUT2D eigenvalue weighted by Crippen LogP contribution is -2.14. The summed E-state index contributed by atoms with van der Waals surface area (Å²) in [5.41, 5.74) is 14.4. The lowest BCUT2D eigenvalue weighted by atomic mass is 9.91. The van der Waals surface area contributed by atoms with Crippen molar-refractivity contribution in [1.82, 2.24) is 0 Å². The summed E-state index contributed by atoms with van der Waals surface area (Å²) in [6, 6.07) is 79.9. The van der Waals surface area contributed by atoms with Gasteiger partial charge < -0.3 is 9.80 Å². The molecule has 0 saturated heterocycles. The van der Waals surface area contributed by atoms with Crippen LogP contribution in [0.15, 0.2) is 231 Å². The molecule has 0 aliphatic rings. The van der Waals surface area contributed by atoms with Crippen molar-refractivity contribution in [2.75, 3.05) is 9.80 Å². The Balaban J connectivity index is 1.12. The second-order valence-corrected chi connectivity index (χ2v) is 18.8. The topological polar surface area (TPSA) is 54.1 Å². The van der Waals surface area contributed by atoms with Crippen LogP contribution >= 0.6 is 0 Å². The summed E-state index contributed by atoms with van der Waals surface area (Å²) in [5, 5.41) is 25.1. The summed E-state index contributed by atoms with van der Waals surface area (Å²) in [5.74, 6) is -0.745. The zero-order valence-electron chi connectivity index (χ0n) is 40.5. The van der Waals surface area contributed by atoms with Gasteiger partial charge in [-0.3, -0.25) is 0 Å². The molecule has 6 heteroatoms. The fraction of sp³-hybridized carbons (Fsp3) is 0.0294. The van der Waals surface area contributed by atoms with Crippen LogP contribution in [0, 0.1) is 48.1 Å². The molecule has 0 heterocycles. The highest BCUT2D eigenvalue weighted by Crippen LogP contribution is 2.50. The minimum Gasteiger partial charge on any atom is -0.307 e. The van der Waals surface area contributed by atoms with Crippen molar-refractivity contribution < 1.29 is 8.78 Å². The predicted octanol–water partition coefficient (Wildman–Crippen LogP) is 18.8. The average molecular weight is 955 g/mol. The van der Waals surface area contributed by atoms with Gasteiger partial charge in [-0.1, -0.05) is 133 Å². The van der Waals surface area contributed by atoms with E-state index in [9.17, 15) is 10.5 Å². The van der Waals surface area contributed by atoms with Crippen molar-refractivity contribution in [3.8, 4) is 56.6 Å². The Morgan fingerprint density at radius 3 is 1.04 bits per heavy atom. The van der Waals surface area contributed by atoms with E-state index in [0.29, 0.717) is 22.5 Å². The van der Waals surface area contributed by atoms with Crippen LogP contribution in [0.3, 0.4) is 0 Å². The summed E-state index contributed by atoms with van der Waals surface area (Å²) >= 11 is 0. The minimum atomic E-state index is -0.373. The van der Waals surface area contributed by atoms with E-state index in [1.54, 1.807) is 12.1 Å². The van der Waals surface area contributed by atoms with E-state index >= 15 is 8.78 Å². The zero-order chi connectivity index (χ0) is 50.5. The third kappa shape index (κ3) is 8.21. The molecular formula is C68H44F2N4. The van der Waals surface area contributed by atoms with Gasteiger partial charge in [0.2, 0.25) is 0 Å². The maximum Gasteiger partial charge on any atom is 0.147 e. The first-order chi connectivity index (χ1) is 36.2. The highest BCUT2D eigenvalue weighted by atomic mass is 19.1. The third-order valence-corrected chi connectivity index (χ3v) is 14.0. The van der Waals surface area contributed by atoms with Gasteiger partial charge in [-0.2, -0.15) is 10.5 Å². The number of hydrogen-bond donors (Lipinski definition) is 0. The molecule has 0 aliphatic heterocycles. The van der Waals surface area contributed by atoms with Crippen LogP contribution in [0.4, 0.5) is 42.9 Å². The van der Waals surface area contributed by atoms with E-state index < -0.39 is 0 Å². The molecule has 12 aromatic carbocycles. The second-order valence-electron chi connectivity index (χ2n) is 18.8. The Morgan fingerprint density at radius 1 is 0.324 bits per heavy atom. The Kier molecular flexibility index (Phi) is 11.4. The highest BCUT2D eigenvalue weighted by Gasteiger charge is 2.26. The predicted molar refractivity (Wildman–Crippen MR) is 300 cm³/mol.